The van der Waals surface area contributed by atoms with Gasteiger partial charge in [0.15, 0.2) is 5.58 Å². The lowest BCUT2D eigenvalue weighted by molar-refractivity contribution is 0.670. The van der Waals surface area contributed by atoms with Gasteiger partial charge in [-0.25, -0.2) is 9.97 Å². The number of benzene rings is 6. The van der Waals surface area contributed by atoms with E-state index in [1.165, 1.54) is 0 Å². The minimum atomic E-state index is 0.820. The van der Waals surface area contributed by atoms with Crippen LogP contribution in [0.1, 0.15) is 0 Å². The third kappa shape index (κ3) is 4.16. The fraction of sp³-hybridized carbons (Fsp3) is 0. The van der Waals surface area contributed by atoms with Crippen LogP contribution in [0, 0.1) is 0 Å². The molecule has 0 amide bonds. The van der Waals surface area contributed by atoms with Crippen LogP contribution in [0.2, 0.25) is 0 Å². The van der Waals surface area contributed by atoms with Crippen molar-refractivity contribution in [3.05, 3.63) is 158 Å². The van der Waals surface area contributed by atoms with Crippen molar-refractivity contribution in [1.82, 2.24) is 9.97 Å². The summed E-state index contributed by atoms with van der Waals surface area (Å²) >= 11 is 0. The second-order valence-corrected chi connectivity index (χ2v) is 12.1. The van der Waals surface area contributed by atoms with Gasteiger partial charge in [0, 0.05) is 49.2 Å². The average molecular weight is 615 g/mol. The number of hydrogen-bond donors (Lipinski definition) is 0. The smallest absolute Gasteiger partial charge is 0.161 e. The molecule has 0 fully saturated rings. The third-order valence-electron chi connectivity index (χ3n) is 9.28. The summed E-state index contributed by atoms with van der Waals surface area (Å²) in [5, 5.41) is 5.35. The molecule has 224 valence electrons. The molecule has 0 atom stereocenters. The quantitative estimate of drug-likeness (QED) is 0.198. The van der Waals surface area contributed by atoms with E-state index in [9.17, 15) is 0 Å². The van der Waals surface area contributed by atoms with Gasteiger partial charge in [-0.1, -0.05) is 127 Å². The van der Waals surface area contributed by atoms with Gasteiger partial charge in [-0.05, 0) is 35.9 Å². The minimum absolute atomic E-state index is 0.820. The van der Waals surface area contributed by atoms with E-state index in [2.05, 4.69) is 121 Å². The summed E-state index contributed by atoms with van der Waals surface area (Å²) in [6, 6.07) is 54.3. The van der Waals surface area contributed by atoms with Gasteiger partial charge in [0.2, 0.25) is 0 Å². The van der Waals surface area contributed by atoms with Crippen molar-refractivity contribution in [2.24, 2.45) is 0 Å². The van der Waals surface area contributed by atoms with Crippen LogP contribution in [0.4, 0.5) is 0 Å². The first-order chi connectivity index (χ1) is 23.8. The highest BCUT2D eigenvalue weighted by atomic mass is 16.3. The first kappa shape index (κ1) is 26.7. The van der Waals surface area contributed by atoms with Gasteiger partial charge in [-0.3, -0.25) is 0 Å². The normalized spacial score (nSPS) is 11.8. The predicted octanol–water partition coefficient (Wildman–Crippen LogP) is 12.1. The Morgan fingerprint density at radius 2 is 0.896 bits per heavy atom. The molecule has 48 heavy (non-hydrogen) atoms. The molecule has 4 aromatic heterocycles. The van der Waals surface area contributed by atoms with Crippen LogP contribution < -0.4 is 0 Å². The molecule has 6 aromatic carbocycles. The molecule has 0 aliphatic carbocycles. The molecule has 10 rings (SSSR count). The van der Waals surface area contributed by atoms with Crippen LogP contribution in [0.3, 0.4) is 0 Å². The molecule has 0 aliphatic heterocycles. The minimum Gasteiger partial charge on any atom is -0.455 e. The van der Waals surface area contributed by atoms with Gasteiger partial charge in [0.1, 0.15) is 22.3 Å². The summed E-state index contributed by atoms with van der Waals surface area (Å²) in [5.41, 5.74) is 12.2. The van der Waals surface area contributed by atoms with Gasteiger partial charge in [-0.2, -0.15) is 0 Å². The van der Waals surface area contributed by atoms with Gasteiger partial charge in [0.05, 0.1) is 17.1 Å². The highest BCUT2D eigenvalue weighted by Crippen LogP contribution is 2.40. The van der Waals surface area contributed by atoms with Crippen LogP contribution >= 0.6 is 0 Å². The van der Waals surface area contributed by atoms with Crippen LogP contribution in [-0.2, 0) is 0 Å². The Bertz CT molecular complexity index is 2830. The monoisotopic (exact) mass is 614 g/mol. The van der Waals surface area contributed by atoms with E-state index >= 15 is 0 Å². The average Bonchev–Trinajstić information content (AvgIpc) is 3.74. The van der Waals surface area contributed by atoms with Gasteiger partial charge in [-0.15, -0.1) is 0 Å². The Kier molecular flexibility index (Phi) is 5.84. The molecular formula is C44H26N2O2. The maximum Gasteiger partial charge on any atom is 0.161 e. The molecular weight excluding hydrogens is 588 g/mol. The Labute approximate surface area is 275 Å². The molecule has 0 unspecified atom stereocenters. The number of pyridine rings is 2. The van der Waals surface area contributed by atoms with E-state index in [1.807, 2.05) is 36.4 Å². The van der Waals surface area contributed by atoms with Crippen LogP contribution in [0.15, 0.2) is 167 Å². The zero-order valence-corrected chi connectivity index (χ0v) is 25.7. The zero-order chi connectivity index (χ0) is 31.6. The van der Waals surface area contributed by atoms with Crippen LogP contribution in [-0.4, -0.2) is 9.97 Å². The summed E-state index contributed by atoms with van der Waals surface area (Å²) in [6.45, 7) is 0. The lowest BCUT2D eigenvalue weighted by Gasteiger charge is -2.12. The molecule has 0 saturated heterocycles. The second-order valence-electron chi connectivity index (χ2n) is 12.1. The maximum absolute atomic E-state index is 6.45. The van der Waals surface area contributed by atoms with E-state index in [0.717, 1.165) is 99.7 Å². The molecule has 4 heteroatoms. The van der Waals surface area contributed by atoms with Gasteiger partial charge < -0.3 is 8.83 Å². The maximum atomic E-state index is 6.45. The number of hydrogen-bond acceptors (Lipinski definition) is 4. The molecule has 4 nitrogen and oxygen atoms in total. The lowest BCUT2D eigenvalue weighted by Crippen LogP contribution is -1.92. The van der Waals surface area contributed by atoms with E-state index in [4.69, 9.17) is 18.8 Å². The topological polar surface area (TPSA) is 52.1 Å². The predicted molar refractivity (Wildman–Crippen MR) is 196 cm³/mol. The van der Waals surface area contributed by atoms with E-state index in [-0.39, 0.29) is 0 Å². The largest absolute Gasteiger partial charge is 0.455 e. The molecule has 0 N–H and O–H groups in total. The molecule has 0 bridgehead atoms. The molecule has 0 saturated carbocycles. The van der Waals surface area contributed by atoms with Crippen molar-refractivity contribution >= 4 is 54.8 Å². The summed E-state index contributed by atoms with van der Waals surface area (Å²) in [5.74, 6) is 0. The molecule has 4 heterocycles. The Morgan fingerprint density at radius 1 is 0.354 bits per heavy atom. The number of nitrogens with zero attached hydrogens (tertiary/aromatic N) is 2. The number of para-hydroxylation sites is 3. The van der Waals surface area contributed by atoms with Crippen molar-refractivity contribution in [3.8, 4) is 44.9 Å². The summed E-state index contributed by atoms with van der Waals surface area (Å²) in [6.07, 6.45) is 0. The van der Waals surface area contributed by atoms with Crippen molar-refractivity contribution < 1.29 is 8.83 Å². The fourth-order valence-corrected chi connectivity index (χ4v) is 6.97. The van der Waals surface area contributed by atoms with Gasteiger partial charge in [0.25, 0.3) is 0 Å². The Hall–Kier alpha value is -6.52. The Morgan fingerprint density at radius 3 is 1.67 bits per heavy atom. The number of aromatic nitrogens is 2. The zero-order valence-electron chi connectivity index (χ0n) is 25.7. The van der Waals surface area contributed by atoms with Crippen molar-refractivity contribution in [2.75, 3.05) is 0 Å². The highest BCUT2D eigenvalue weighted by molar-refractivity contribution is 6.16. The summed E-state index contributed by atoms with van der Waals surface area (Å²) < 4.78 is 12.7. The number of rotatable bonds is 4. The third-order valence-corrected chi connectivity index (χ3v) is 9.28. The second kappa shape index (κ2) is 10.5. The SMILES string of the molecule is c1ccc(-c2cc(-c3cccc4c3oc3ccccc34)cc(-c3ccc(-c4nc5c6ccccc6oc5c5ccccc45)cc3)n2)cc1. The van der Waals surface area contributed by atoms with Crippen molar-refractivity contribution in [1.29, 1.82) is 0 Å². The molecule has 10 aromatic rings. The first-order valence-corrected chi connectivity index (χ1v) is 16.1. The summed E-state index contributed by atoms with van der Waals surface area (Å²) in [7, 11) is 0. The number of furan rings is 2. The Balaban J connectivity index is 1.14. The fourth-order valence-electron chi connectivity index (χ4n) is 6.97. The first-order valence-electron chi connectivity index (χ1n) is 16.1. The summed E-state index contributed by atoms with van der Waals surface area (Å²) in [4.78, 5) is 10.4. The molecule has 0 spiro atoms. The lowest BCUT2D eigenvalue weighted by atomic mass is 9.97. The van der Waals surface area contributed by atoms with Crippen molar-refractivity contribution in [3.63, 3.8) is 0 Å². The number of fused-ring (bicyclic) bond motifs is 8. The highest BCUT2D eigenvalue weighted by Gasteiger charge is 2.18. The van der Waals surface area contributed by atoms with Crippen LogP contribution in [0.25, 0.3) is 99.7 Å². The van der Waals surface area contributed by atoms with Gasteiger partial charge >= 0.3 is 0 Å². The standard InChI is InChI=1S/C44H26N2O2/c1-2-11-27(12-3-1)37-25-30(31-17-10-18-34-32-13-6-8-19-39(32)47-43(31)34)26-38(45-37)28-21-23-29(24-22-28)41-33-14-4-5-15-35(33)44-42(46-41)36-16-7-9-20-40(36)48-44/h1-26H. The van der Waals surface area contributed by atoms with Crippen molar-refractivity contribution in [2.45, 2.75) is 0 Å². The van der Waals surface area contributed by atoms with E-state index in [0.29, 0.717) is 0 Å². The van der Waals surface area contributed by atoms with E-state index < -0.39 is 0 Å². The van der Waals surface area contributed by atoms with E-state index in [1.54, 1.807) is 0 Å². The van der Waals surface area contributed by atoms with Crippen LogP contribution in [0.5, 0.6) is 0 Å². The molecule has 0 aliphatic rings. The molecule has 0 radical (unpaired) electrons.